The van der Waals surface area contributed by atoms with Gasteiger partial charge in [0, 0.05) is 10.6 Å². The Hall–Kier alpha value is -2.18. The van der Waals surface area contributed by atoms with Crippen LogP contribution >= 0.6 is 11.3 Å². The average Bonchev–Trinajstić information content (AvgIpc) is 3.04. The number of fused-ring (bicyclic) bond motifs is 1. The second-order valence-electron chi connectivity index (χ2n) is 9.56. The highest BCUT2D eigenvalue weighted by Crippen LogP contribution is 2.44. The lowest BCUT2D eigenvalue weighted by molar-refractivity contribution is -0.115. The Labute approximate surface area is 190 Å². The zero-order chi connectivity index (χ0) is 22.6. The standard InChI is InChI=1S/C25H35N3O2S/c1-6-12-26-15-21(29)28-24-22(23(30)27-18-9-7-8-16(2)13-18)19-11-10-17(25(3,4)5)14-20(19)31-24/h7-9,13,17,26H,6,10-12,14-15H2,1-5H3,(H,27,30)(H,28,29)/t17-/m0/s1. The Balaban J connectivity index is 1.88. The smallest absolute Gasteiger partial charge is 0.258 e. The molecule has 1 aromatic heterocycles. The van der Waals surface area contributed by atoms with Crippen molar-refractivity contribution in [2.45, 2.75) is 60.3 Å². The molecule has 1 aliphatic carbocycles. The summed E-state index contributed by atoms with van der Waals surface area (Å²) in [5, 5.41) is 9.86. The summed E-state index contributed by atoms with van der Waals surface area (Å²) in [5.41, 5.74) is 3.83. The first-order chi connectivity index (χ1) is 14.7. The fourth-order valence-corrected chi connectivity index (χ4v) is 5.46. The monoisotopic (exact) mass is 441 g/mol. The van der Waals surface area contributed by atoms with E-state index in [1.807, 2.05) is 31.2 Å². The Morgan fingerprint density at radius 3 is 2.65 bits per heavy atom. The zero-order valence-electron chi connectivity index (χ0n) is 19.4. The Kier molecular flexibility index (Phi) is 7.55. The molecule has 2 amide bonds. The number of amides is 2. The minimum atomic E-state index is -0.144. The summed E-state index contributed by atoms with van der Waals surface area (Å²) >= 11 is 1.57. The number of carbonyl (C=O) groups excluding carboxylic acids is 2. The zero-order valence-corrected chi connectivity index (χ0v) is 20.2. The molecular weight excluding hydrogens is 406 g/mol. The van der Waals surface area contributed by atoms with E-state index in [0.717, 1.165) is 49.0 Å². The van der Waals surface area contributed by atoms with Gasteiger partial charge in [0.25, 0.3) is 5.91 Å². The number of carbonyl (C=O) groups is 2. The van der Waals surface area contributed by atoms with E-state index in [-0.39, 0.29) is 23.8 Å². The molecule has 0 bridgehead atoms. The van der Waals surface area contributed by atoms with Crippen LogP contribution in [-0.2, 0) is 17.6 Å². The summed E-state index contributed by atoms with van der Waals surface area (Å²) in [7, 11) is 0. The van der Waals surface area contributed by atoms with Gasteiger partial charge in [-0.3, -0.25) is 9.59 Å². The highest BCUT2D eigenvalue weighted by atomic mass is 32.1. The van der Waals surface area contributed by atoms with Gasteiger partial charge in [-0.15, -0.1) is 11.3 Å². The van der Waals surface area contributed by atoms with Gasteiger partial charge in [-0.25, -0.2) is 0 Å². The minimum absolute atomic E-state index is 0.107. The highest BCUT2D eigenvalue weighted by molar-refractivity contribution is 7.17. The first-order valence-corrected chi connectivity index (χ1v) is 12.0. The fourth-order valence-electron chi connectivity index (χ4n) is 4.12. The molecule has 1 heterocycles. The number of thiophene rings is 1. The lowest BCUT2D eigenvalue weighted by atomic mass is 9.72. The molecule has 1 aliphatic rings. The highest BCUT2D eigenvalue weighted by Gasteiger charge is 2.34. The third-order valence-electron chi connectivity index (χ3n) is 5.96. The molecule has 0 fully saturated rings. The Bertz CT molecular complexity index is 943. The van der Waals surface area contributed by atoms with Crippen LogP contribution in [0.5, 0.6) is 0 Å². The van der Waals surface area contributed by atoms with Gasteiger partial charge in [0.1, 0.15) is 5.00 Å². The lowest BCUT2D eigenvalue weighted by Crippen LogP contribution is -2.29. The molecule has 6 heteroatoms. The van der Waals surface area contributed by atoms with Crippen LogP contribution < -0.4 is 16.0 Å². The normalized spacial score (nSPS) is 16.0. The van der Waals surface area contributed by atoms with E-state index in [2.05, 4.69) is 43.6 Å². The molecule has 2 aromatic rings. The number of benzene rings is 1. The van der Waals surface area contributed by atoms with Crippen LogP contribution in [0.4, 0.5) is 10.7 Å². The van der Waals surface area contributed by atoms with E-state index in [0.29, 0.717) is 16.5 Å². The molecule has 0 aliphatic heterocycles. The van der Waals surface area contributed by atoms with Crippen molar-refractivity contribution in [3.05, 3.63) is 45.8 Å². The first-order valence-electron chi connectivity index (χ1n) is 11.2. The quantitative estimate of drug-likeness (QED) is 0.504. The molecule has 0 radical (unpaired) electrons. The second-order valence-corrected chi connectivity index (χ2v) is 10.7. The molecular formula is C25H35N3O2S. The van der Waals surface area contributed by atoms with Gasteiger partial charge in [-0.05, 0) is 73.7 Å². The van der Waals surface area contributed by atoms with Crippen LogP contribution in [0.25, 0.3) is 0 Å². The number of nitrogens with one attached hydrogen (secondary N) is 3. The molecule has 1 aromatic carbocycles. The molecule has 31 heavy (non-hydrogen) atoms. The molecule has 0 saturated carbocycles. The van der Waals surface area contributed by atoms with E-state index >= 15 is 0 Å². The van der Waals surface area contributed by atoms with E-state index in [9.17, 15) is 9.59 Å². The van der Waals surface area contributed by atoms with Crippen molar-refractivity contribution >= 4 is 33.8 Å². The van der Waals surface area contributed by atoms with Crippen LogP contribution in [0, 0.1) is 18.3 Å². The largest absolute Gasteiger partial charge is 0.322 e. The number of rotatable bonds is 7. The van der Waals surface area contributed by atoms with Crippen molar-refractivity contribution in [1.82, 2.24) is 5.32 Å². The van der Waals surface area contributed by atoms with Crippen LogP contribution in [0.2, 0.25) is 0 Å². The van der Waals surface area contributed by atoms with Gasteiger partial charge in [0.15, 0.2) is 0 Å². The van der Waals surface area contributed by atoms with Crippen LogP contribution in [0.3, 0.4) is 0 Å². The average molecular weight is 442 g/mol. The van der Waals surface area contributed by atoms with Gasteiger partial charge in [-0.2, -0.15) is 0 Å². The van der Waals surface area contributed by atoms with E-state index < -0.39 is 0 Å². The summed E-state index contributed by atoms with van der Waals surface area (Å²) in [5.74, 6) is 0.319. The SMILES string of the molecule is CCCNCC(=O)Nc1sc2c(c1C(=O)Nc1cccc(C)c1)CC[C@H](C(C)(C)C)C2. The van der Waals surface area contributed by atoms with Gasteiger partial charge in [0.2, 0.25) is 5.91 Å². The molecule has 0 saturated heterocycles. The summed E-state index contributed by atoms with van der Waals surface area (Å²) in [6, 6.07) is 7.79. The molecule has 3 rings (SSSR count). The first kappa shape index (κ1) is 23.5. The van der Waals surface area contributed by atoms with Crippen molar-refractivity contribution in [3.8, 4) is 0 Å². The van der Waals surface area contributed by atoms with Crippen molar-refractivity contribution in [3.63, 3.8) is 0 Å². The number of anilines is 2. The lowest BCUT2D eigenvalue weighted by Gasteiger charge is -2.33. The summed E-state index contributed by atoms with van der Waals surface area (Å²) in [6.07, 6.45) is 3.86. The molecule has 0 spiro atoms. The third kappa shape index (κ3) is 5.95. The van der Waals surface area contributed by atoms with Crippen molar-refractivity contribution in [2.24, 2.45) is 11.3 Å². The predicted octanol–water partition coefficient (Wildman–Crippen LogP) is 5.40. The van der Waals surface area contributed by atoms with E-state index in [1.54, 1.807) is 11.3 Å². The maximum Gasteiger partial charge on any atom is 0.258 e. The third-order valence-corrected chi connectivity index (χ3v) is 7.13. The maximum atomic E-state index is 13.3. The number of hydrogen-bond donors (Lipinski definition) is 3. The van der Waals surface area contributed by atoms with Gasteiger partial charge >= 0.3 is 0 Å². The number of hydrogen-bond acceptors (Lipinski definition) is 4. The fraction of sp³-hybridized carbons (Fsp3) is 0.520. The maximum absolute atomic E-state index is 13.3. The van der Waals surface area contributed by atoms with E-state index in [1.165, 1.54) is 4.88 Å². The van der Waals surface area contributed by atoms with Gasteiger partial charge < -0.3 is 16.0 Å². The second kappa shape index (κ2) is 9.96. The van der Waals surface area contributed by atoms with Crippen LogP contribution in [0.1, 0.15) is 66.9 Å². The van der Waals surface area contributed by atoms with E-state index in [4.69, 9.17) is 0 Å². The Morgan fingerprint density at radius 2 is 1.97 bits per heavy atom. The Morgan fingerprint density at radius 1 is 1.19 bits per heavy atom. The summed E-state index contributed by atoms with van der Waals surface area (Å²) in [4.78, 5) is 27.1. The molecule has 3 N–H and O–H groups in total. The molecule has 0 unspecified atom stereocenters. The summed E-state index contributed by atoms with van der Waals surface area (Å²) < 4.78 is 0. The topological polar surface area (TPSA) is 70.2 Å². The molecule has 5 nitrogen and oxygen atoms in total. The summed E-state index contributed by atoms with van der Waals surface area (Å²) in [6.45, 7) is 12.0. The van der Waals surface area contributed by atoms with Crippen LogP contribution in [-0.4, -0.2) is 24.9 Å². The molecule has 168 valence electrons. The van der Waals surface area contributed by atoms with Crippen molar-refractivity contribution < 1.29 is 9.59 Å². The predicted molar refractivity (Wildman–Crippen MR) is 130 cm³/mol. The molecule has 1 atom stereocenters. The van der Waals surface area contributed by atoms with Crippen molar-refractivity contribution in [1.29, 1.82) is 0 Å². The van der Waals surface area contributed by atoms with Gasteiger partial charge in [0.05, 0.1) is 12.1 Å². The van der Waals surface area contributed by atoms with Crippen LogP contribution in [0.15, 0.2) is 24.3 Å². The number of aryl methyl sites for hydroxylation is 1. The minimum Gasteiger partial charge on any atom is -0.322 e. The van der Waals surface area contributed by atoms with Crippen molar-refractivity contribution in [2.75, 3.05) is 23.7 Å². The van der Waals surface area contributed by atoms with Gasteiger partial charge in [-0.1, -0.05) is 39.8 Å².